The van der Waals surface area contributed by atoms with Crippen LogP contribution < -0.4 is 0 Å². The quantitative estimate of drug-likeness (QED) is 0.436. The Morgan fingerprint density at radius 1 is 1.50 bits per heavy atom. The molecule has 0 radical (unpaired) electrons. The lowest BCUT2D eigenvalue weighted by molar-refractivity contribution is -0.158. The number of aliphatic hydroxyl groups excluding tert-OH is 1. The van der Waals surface area contributed by atoms with Crippen molar-refractivity contribution in [1.82, 2.24) is 0 Å². The molecule has 1 heterocycles. The number of carbonyl (C=O) groups is 3. The van der Waals surface area contributed by atoms with Gasteiger partial charge in [0.25, 0.3) is 0 Å². The first kappa shape index (κ1) is 18.1. The van der Waals surface area contributed by atoms with E-state index in [1.54, 1.807) is 13.0 Å². The number of aliphatic hydroxyl groups is 1. The first-order valence-corrected chi connectivity index (χ1v) is 7.28. The molecule has 6 nitrogen and oxygen atoms in total. The molecule has 6 heteroatoms. The summed E-state index contributed by atoms with van der Waals surface area (Å²) in [6.45, 7) is 3.48. The fourth-order valence-corrected chi connectivity index (χ4v) is 2.14. The van der Waals surface area contributed by atoms with E-state index in [1.807, 2.05) is 6.92 Å². The topological polar surface area (TPSA) is 89.9 Å². The molecule has 1 N–H and O–H groups in total. The van der Waals surface area contributed by atoms with Crippen LogP contribution >= 0.6 is 0 Å². The van der Waals surface area contributed by atoms with Gasteiger partial charge in [-0.1, -0.05) is 19.9 Å². The molecule has 0 saturated carbocycles. The molecule has 122 valence electrons. The molecule has 3 unspecified atom stereocenters. The molecule has 22 heavy (non-hydrogen) atoms. The summed E-state index contributed by atoms with van der Waals surface area (Å²) >= 11 is 0. The minimum absolute atomic E-state index is 0.112. The third-order valence-electron chi connectivity index (χ3n) is 3.54. The molecule has 3 atom stereocenters. The van der Waals surface area contributed by atoms with Gasteiger partial charge in [-0.3, -0.25) is 9.59 Å². The van der Waals surface area contributed by atoms with Crippen molar-refractivity contribution >= 4 is 17.5 Å². The minimum Gasteiger partial charge on any atom is -0.468 e. The summed E-state index contributed by atoms with van der Waals surface area (Å²) in [6, 6.07) is 0. The zero-order valence-electron chi connectivity index (χ0n) is 13.1. The third kappa shape index (κ3) is 4.80. The molecular weight excluding hydrogens is 288 g/mol. The Labute approximate surface area is 129 Å². The fraction of sp³-hybridized carbons (Fsp3) is 0.562. The Balaban J connectivity index is 2.62. The van der Waals surface area contributed by atoms with Crippen LogP contribution in [-0.4, -0.2) is 36.0 Å². The number of allylic oxidation sites excluding steroid dienone is 3. The van der Waals surface area contributed by atoms with Crippen molar-refractivity contribution in [2.45, 2.75) is 39.4 Å². The maximum atomic E-state index is 12.0. The van der Waals surface area contributed by atoms with Gasteiger partial charge in [0.1, 0.15) is 17.5 Å². The van der Waals surface area contributed by atoms with Crippen LogP contribution in [0.1, 0.15) is 33.1 Å². The number of carbonyl (C=O) groups excluding carboxylic acids is 3. The van der Waals surface area contributed by atoms with Crippen molar-refractivity contribution in [3.05, 3.63) is 24.0 Å². The molecule has 0 bridgehead atoms. The molecule has 1 aliphatic rings. The van der Waals surface area contributed by atoms with Gasteiger partial charge in [0, 0.05) is 24.5 Å². The Morgan fingerprint density at radius 2 is 2.18 bits per heavy atom. The van der Waals surface area contributed by atoms with Crippen LogP contribution in [0, 0.1) is 11.8 Å². The van der Waals surface area contributed by atoms with Gasteiger partial charge in [0.05, 0.1) is 7.11 Å². The average molecular weight is 310 g/mol. The summed E-state index contributed by atoms with van der Waals surface area (Å²) in [6.07, 6.45) is 4.28. The third-order valence-corrected chi connectivity index (χ3v) is 3.54. The Kier molecular flexibility index (Phi) is 6.98. The summed E-state index contributed by atoms with van der Waals surface area (Å²) < 4.78 is 9.79. The highest BCUT2D eigenvalue weighted by Crippen LogP contribution is 2.27. The van der Waals surface area contributed by atoms with E-state index in [2.05, 4.69) is 4.74 Å². The Hall–Kier alpha value is -1.95. The predicted molar refractivity (Wildman–Crippen MR) is 78.5 cm³/mol. The van der Waals surface area contributed by atoms with Crippen LogP contribution in [0.3, 0.4) is 0 Å². The molecule has 0 amide bonds. The summed E-state index contributed by atoms with van der Waals surface area (Å²) in [5.74, 6) is -2.05. The monoisotopic (exact) mass is 310 g/mol. The van der Waals surface area contributed by atoms with Crippen molar-refractivity contribution in [3.8, 4) is 0 Å². The zero-order chi connectivity index (χ0) is 16.7. The highest BCUT2D eigenvalue weighted by molar-refractivity contribution is 6.08. The summed E-state index contributed by atoms with van der Waals surface area (Å²) in [5.41, 5.74) is 0. The lowest BCUT2D eigenvalue weighted by Gasteiger charge is -2.28. The maximum absolute atomic E-state index is 12.0. The van der Waals surface area contributed by atoms with Crippen LogP contribution in [0.25, 0.3) is 0 Å². The number of esters is 1. The maximum Gasteiger partial charge on any atom is 0.330 e. The lowest BCUT2D eigenvalue weighted by atomic mass is 9.91. The van der Waals surface area contributed by atoms with Gasteiger partial charge >= 0.3 is 5.97 Å². The van der Waals surface area contributed by atoms with Crippen molar-refractivity contribution in [2.24, 2.45) is 11.8 Å². The van der Waals surface area contributed by atoms with Gasteiger partial charge in [-0.05, 0) is 12.8 Å². The molecule has 0 aliphatic carbocycles. The van der Waals surface area contributed by atoms with E-state index < -0.39 is 24.0 Å². The van der Waals surface area contributed by atoms with E-state index in [9.17, 15) is 19.5 Å². The van der Waals surface area contributed by atoms with E-state index in [0.717, 1.165) is 0 Å². The van der Waals surface area contributed by atoms with Crippen LogP contribution in [0.15, 0.2) is 24.0 Å². The van der Waals surface area contributed by atoms with Gasteiger partial charge in [-0.15, -0.1) is 0 Å². The van der Waals surface area contributed by atoms with Crippen LogP contribution in [0.4, 0.5) is 0 Å². The highest BCUT2D eigenvalue weighted by atomic mass is 16.6. The normalized spacial score (nSPS) is 22.9. The van der Waals surface area contributed by atoms with Crippen molar-refractivity contribution in [1.29, 1.82) is 0 Å². The molecule has 1 aliphatic heterocycles. The Bertz CT molecular complexity index is 491. The summed E-state index contributed by atoms with van der Waals surface area (Å²) in [5, 5.41) is 9.86. The van der Waals surface area contributed by atoms with E-state index >= 15 is 0 Å². The van der Waals surface area contributed by atoms with Gasteiger partial charge < -0.3 is 14.6 Å². The van der Waals surface area contributed by atoms with E-state index in [-0.39, 0.29) is 18.1 Å². The number of ketones is 2. The molecule has 0 saturated heterocycles. The van der Waals surface area contributed by atoms with Crippen LogP contribution in [0.5, 0.6) is 0 Å². The second-order valence-corrected chi connectivity index (χ2v) is 5.16. The van der Waals surface area contributed by atoms with E-state index in [4.69, 9.17) is 4.74 Å². The molecule has 0 aromatic carbocycles. The second kappa shape index (κ2) is 8.48. The number of ether oxygens (including phenoxy) is 2. The van der Waals surface area contributed by atoms with Gasteiger partial charge in [-0.2, -0.15) is 0 Å². The summed E-state index contributed by atoms with van der Waals surface area (Å²) in [4.78, 5) is 34.5. The largest absolute Gasteiger partial charge is 0.468 e. The zero-order valence-corrected chi connectivity index (χ0v) is 13.1. The standard InChI is InChI=1S/C16H22O6/c1-4-11(17)15-12(18)9-13(22-16(15)20)10(2)7-5-6-8-14(19)21-3/h6,8-10,15-16,20H,4-5,7H2,1-3H3. The van der Waals surface area contributed by atoms with Crippen molar-refractivity contribution in [3.63, 3.8) is 0 Å². The van der Waals surface area contributed by atoms with Gasteiger partial charge in [-0.25, -0.2) is 4.79 Å². The molecule has 0 aromatic rings. The van der Waals surface area contributed by atoms with Gasteiger partial charge in [0.15, 0.2) is 5.78 Å². The highest BCUT2D eigenvalue weighted by Gasteiger charge is 2.37. The first-order valence-electron chi connectivity index (χ1n) is 7.28. The number of hydrogen-bond acceptors (Lipinski definition) is 6. The van der Waals surface area contributed by atoms with Crippen molar-refractivity contribution < 1.29 is 29.0 Å². The van der Waals surface area contributed by atoms with Crippen molar-refractivity contribution in [2.75, 3.05) is 7.11 Å². The molecule has 0 aromatic heterocycles. The number of Topliss-reactive ketones (excluding diaryl/α,β-unsaturated/α-hetero) is 1. The molecular formula is C16H22O6. The minimum atomic E-state index is -1.42. The number of methoxy groups -OCH3 is 1. The first-order chi connectivity index (χ1) is 10.4. The fourth-order valence-electron chi connectivity index (χ4n) is 2.14. The second-order valence-electron chi connectivity index (χ2n) is 5.16. The average Bonchev–Trinajstić information content (AvgIpc) is 2.49. The SMILES string of the molecule is CCC(=O)C1C(=O)C=C(C(C)CCC=CC(=O)OC)OC1O. The van der Waals surface area contributed by atoms with Crippen LogP contribution in [0.2, 0.25) is 0 Å². The van der Waals surface area contributed by atoms with E-state index in [1.165, 1.54) is 19.3 Å². The smallest absolute Gasteiger partial charge is 0.330 e. The summed E-state index contributed by atoms with van der Waals surface area (Å²) in [7, 11) is 1.30. The van der Waals surface area contributed by atoms with E-state index in [0.29, 0.717) is 18.6 Å². The number of hydrogen-bond donors (Lipinski definition) is 1. The lowest BCUT2D eigenvalue weighted by Crippen LogP contribution is -2.39. The number of rotatable bonds is 7. The molecule has 0 spiro atoms. The molecule has 1 rings (SSSR count). The predicted octanol–water partition coefficient (Wildman–Crippen LogP) is 1.53. The Morgan fingerprint density at radius 3 is 2.73 bits per heavy atom. The molecule has 0 fully saturated rings. The van der Waals surface area contributed by atoms with Crippen LogP contribution in [-0.2, 0) is 23.9 Å². The van der Waals surface area contributed by atoms with Gasteiger partial charge in [0.2, 0.25) is 6.29 Å².